The number of nitrogens with zero attached hydrogens (tertiary/aromatic N) is 3. The number of ether oxygens (including phenoxy) is 1. The Balaban J connectivity index is 1.61. The molecule has 5 rings (SSSR count). The predicted molar refractivity (Wildman–Crippen MR) is 121 cm³/mol. The second-order valence-electron chi connectivity index (χ2n) is 8.45. The first-order valence-electron chi connectivity index (χ1n) is 10.3. The average Bonchev–Trinajstić information content (AvgIpc) is 3.30. The van der Waals surface area contributed by atoms with Gasteiger partial charge in [-0.3, -0.25) is 9.59 Å². The summed E-state index contributed by atoms with van der Waals surface area (Å²) >= 11 is 6.12. The highest BCUT2D eigenvalue weighted by Crippen LogP contribution is 2.44. The quantitative estimate of drug-likeness (QED) is 0.545. The molecule has 3 aromatic rings. The van der Waals surface area contributed by atoms with E-state index in [1.54, 1.807) is 25.1 Å². The summed E-state index contributed by atoms with van der Waals surface area (Å²) in [6.45, 7) is 2.05. The highest BCUT2D eigenvalue weighted by molar-refractivity contribution is 7.91. The SMILES string of the molecule is Cc1cc(-n2nc3c(c2NC(=O)CS(C)(=O)=O)C(=O)N[C@@]2(CCOc4cc(Cl)ccc42)C3)no1. The first-order valence-corrected chi connectivity index (χ1v) is 12.8. The highest BCUT2D eigenvalue weighted by Gasteiger charge is 2.46. The van der Waals surface area contributed by atoms with E-state index in [4.69, 9.17) is 20.9 Å². The van der Waals surface area contributed by atoms with Crippen LogP contribution < -0.4 is 15.4 Å². The minimum Gasteiger partial charge on any atom is -0.493 e. The Morgan fingerprint density at radius 1 is 1.35 bits per heavy atom. The molecule has 0 radical (unpaired) electrons. The van der Waals surface area contributed by atoms with Gasteiger partial charge in [0.15, 0.2) is 21.5 Å². The molecule has 0 saturated carbocycles. The topological polar surface area (TPSA) is 145 Å². The zero-order valence-corrected chi connectivity index (χ0v) is 19.8. The van der Waals surface area contributed by atoms with Gasteiger partial charge in [0.1, 0.15) is 22.8 Å². The monoisotopic (exact) mass is 505 g/mol. The van der Waals surface area contributed by atoms with Gasteiger partial charge in [-0.25, -0.2) is 8.42 Å². The van der Waals surface area contributed by atoms with Crippen LogP contribution >= 0.6 is 11.6 Å². The number of hydrogen-bond acceptors (Lipinski definition) is 8. The summed E-state index contributed by atoms with van der Waals surface area (Å²) in [5, 5.41) is 14.6. The second kappa shape index (κ2) is 7.84. The number of hydrogen-bond donors (Lipinski definition) is 2. The zero-order chi connectivity index (χ0) is 24.3. The van der Waals surface area contributed by atoms with Crippen LogP contribution in [-0.2, 0) is 26.6 Å². The van der Waals surface area contributed by atoms with Crippen molar-refractivity contribution in [1.82, 2.24) is 20.3 Å². The van der Waals surface area contributed by atoms with Crippen molar-refractivity contribution < 1.29 is 27.3 Å². The molecule has 34 heavy (non-hydrogen) atoms. The van der Waals surface area contributed by atoms with Crippen LogP contribution in [-0.4, -0.2) is 53.8 Å². The van der Waals surface area contributed by atoms with Crippen LogP contribution in [0.4, 0.5) is 5.82 Å². The number of rotatable bonds is 4. The number of sulfone groups is 1. The molecule has 11 nitrogen and oxygen atoms in total. The molecule has 1 atom stereocenters. The lowest BCUT2D eigenvalue weighted by atomic mass is 9.77. The summed E-state index contributed by atoms with van der Waals surface area (Å²) in [5.74, 6) is -0.683. The Labute approximate surface area is 199 Å². The number of amides is 2. The number of carbonyl (C=O) groups excluding carboxylic acids is 2. The Morgan fingerprint density at radius 3 is 2.85 bits per heavy atom. The molecule has 178 valence electrons. The van der Waals surface area contributed by atoms with Gasteiger partial charge in [0.05, 0.1) is 17.8 Å². The normalized spacial score (nSPS) is 19.2. The molecule has 0 bridgehead atoms. The van der Waals surface area contributed by atoms with Crippen LogP contribution in [0.15, 0.2) is 28.8 Å². The Hall–Kier alpha value is -3.38. The zero-order valence-electron chi connectivity index (χ0n) is 18.2. The molecule has 2 aliphatic heterocycles. The van der Waals surface area contributed by atoms with Crippen molar-refractivity contribution >= 4 is 39.1 Å². The lowest BCUT2D eigenvalue weighted by Gasteiger charge is -2.41. The number of anilines is 1. The number of halogens is 1. The third kappa shape index (κ3) is 3.92. The van der Waals surface area contributed by atoms with E-state index in [1.165, 1.54) is 4.68 Å². The van der Waals surface area contributed by atoms with Gasteiger partial charge < -0.3 is 19.9 Å². The molecule has 13 heteroatoms. The van der Waals surface area contributed by atoms with Gasteiger partial charge in [0.2, 0.25) is 5.91 Å². The third-order valence-electron chi connectivity index (χ3n) is 5.74. The Kier molecular flexibility index (Phi) is 5.17. The standard InChI is InChI=1S/C21H20ClN5O6S/c1-11-7-16(26-33-11)27-19(23-17(28)10-34(2,30)31)18-14(25-27)9-21(24-20(18)29)5-6-32-15-8-12(22)3-4-13(15)21/h3-4,7-8H,5-6,9-10H2,1-2H3,(H,23,28)(H,24,29)/t21-/m0/s1. The van der Waals surface area contributed by atoms with Gasteiger partial charge in [0.25, 0.3) is 5.91 Å². The van der Waals surface area contributed by atoms with E-state index in [2.05, 4.69) is 20.9 Å². The van der Waals surface area contributed by atoms with Crippen LogP contribution in [0.1, 0.15) is 33.8 Å². The summed E-state index contributed by atoms with van der Waals surface area (Å²) in [6.07, 6.45) is 1.76. The highest BCUT2D eigenvalue weighted by atomic mass is 35.5. The maximum atomic E-state index is 13.4. The number of nitrogens with one attached hydrogen (secondary N) is 2. The molecule has 0 fully saturated rings. The fraction of sp³-hybridized carbons (Fsp3) is 0.333. The summed E-state index contributed by atoms with van der Waals surface area (Å²) in [6, 6.07) is 6.83. The first-order chi connectivity index (χ1) is 16.0. The molecular weight excluding hydrogens is 486 g/mol. The molecule has 2 N–H and O–H groups in total. The molecule has 0 unspecified atom stereocenters. The van der Waals surface area contributed by atoms with Gasteiger partial charge >= 0.3 is 0 Å². The average molecular weight is 506 g/mol. The molecular formula is C21H20ClN5O6S. The van der Waals surface area contributed by atoms with Crippen LogP contribution in [0.3, 0.4) is 0 Å². The summed E-state index contributed by atoms with van der Waals surface area (Å²) < 4.78 is 35.4. The van der Waals surface area contributed by atoms with E-state index in [0.29, 0.717) is 41.7 Å². The van der Waals surface area contributed by atoms with Crippen LogP contribution in [0.5, 0.6) is 5.75 Å². The summed E-state index contributed by atoms with van der Waals surface area (Å²) in [5.41, 5.74) is 0.545. The van der Waals surface area contributed by atoms with Crippen molar-refractivity contribution in [2.24, 2.45) is 0 Å². The second-order valence-corrected chi connectivity index (χ2v) is 11.0. The lowest BCUT2D eigenvalue weighted by Crippen LogP contribution is -2.53. The number of aryl methyl sites for hydroxylation is 1. The maximum Gasteiger partial charge on any atom is 0.257 e. The fourth-order valence-electron chi connectivity index (χ4n) is 4.37. The largest absolute Gasteiger partial charge is 0.493 e. The molecule has 0 saturated heterocycles. The minimum atomic E-state index is -3.60. The van der Waals surface area contributed by atoms with Crippen LogP contribution in [0.2, 0.25) is 5.02 Å². The van der Waals surface area contributed by atoms with Crippen LogP contribution in [0, 0.1) is 6.92 Å². The molecule has 0 aliphatic carbocycles. The molecule has 2 aromatic heterocycles. The summed E-state index contributed by atoms with van der Waals surface area (Å²) in [7, 11) is -3.60. The van der Waals surface area contributed by atoms with Crippen molar-refractivity contribution in [3.63, 3.8) is 0 Å². The fourth-order valence-corrected chi connectivity index (χ4v) is 5.08. The van der Waals surface area contributed by atoms with E-state index < -0.39 is 32.9 Å². The number of fused-ring (bicyclic) bond motifs is 3. The smallest absolute Gasteiger partial charge is 0.257 e. The van der Waals surface area contributed by atoms with Crippen molar-refractivity contribution in [3.05, 3.63) is 51.9 Å². The van der Waals surface area contributed by atoms with Crippen molar-refractivity contribution in [1.29, 1.82) is 0 Å². The van der Waals surface area contributed by atoms with E-state index in [1.807, 2.05) is 6.07 Å². The minimum absolute atomic E-state index is 0.0210. The van der Waals surface area contributed by atoms with E-state index in [0.717, 1.165) is 11.8 Å². The molecule has 1 aromatic carbocycles. The molecule has 4 heterocycles. The van der Waals surface area contributed by atoms with Gasteiger partial charge in [-0.2, -0.15) is 9.78 Å². The molecule has 1 spiro atoms. The molecule has 2 aliphatic rings. The third-order valence-corrected chi connectivity index (χ3v) is 6.76. The maximum absolute atomic E-state index is 13.4. The van der Waals surface area contributed by atoms with Crippen molar-refractivity contribution in [2.45, 2.75) is 25.3 Å². The van der Waals surface area contributed by atoms with Gasteiger partial charge in [-0.1, -0.05) is 22.8 Å². The van der Waals surface area contributed by atoms with Gasteiger partial charge in [-0.15, -0.1) is 0 Å². The molecule has 2 amide bonds. The van der Waals surface area contributed by atoms with Crippen molar-refractivity contribution in [3.8, 4) is 11.6 Å². The number of aromatic nitrogens is 3. The van der Waals surface area contributed by atoms with Crippen LogP contribution in [0.25, 0.3) is 5.82 Å². The van der Waals surface area contributed by atoms with Gasteiger partial charge in [0, 0.05) is 35.7 Å². The van der Waals surface area contributed by atoms with E-state index in [-0.39, 0.29) is 17.2 Å². The van der Waals surface area contributed by atoms with E-state index in [9.17, 15) is 18.0 Å². The Morgan fingerprint density at radius 2 is 2.15 bits per heavy atom. The predicted octanol–water partition coefficient (Wildman–Crippen LogP) is 1.77. The summed E-state index contributed by atoms with van der Waals surface area (Å²) in [4.78, 5) is 25.9. The first kappa shape index (κ1) is 22.4. The number of carbonyl (C=O) groups is 2. The number of benzene rings is 1. The lowest BCUT2D eigenvalue weighted by molar-refractivity contribution is -0.113. The van der Waals surface area contributed by atoms with Gasteiger partial charge in [-0.05, 0) is 19.1 Å². The van der Waals surface area contributed by atoms with Crippen molar-refractivity contribution in [2.75, 3.05) is 23.9 Å². The Bertz CT molecular complexity index is 1450. The van der Waals surface area contributed by atoms with E-state index >= 15 is 0 Å².